The second kappa shape index (κ2) is 5.17. The van der Waals surface area contributed by atoms with Gasteiger partial charge in [-0.3, -0.25) is 4.79 Å². The average molecular weight is 288 g/mol. The highest BCUT2D eigenvalue weighted by Gasteiger charge is 2.26. The molecular formula is C10H16N4O4S. The van der Waals surface area contributed by atoms with Gasteiger partial charge in [-0.15, -0.1) is 0 Å². The van der Waals surface area contributed by atoms with Gasteiger partial charge in [-0.2, -0.15) is 4.31 Å². The Morgan fingerprint density at radius 1 is 1.32 bits per heavy atom. The predicted molar refractivity (Wildman–Crippen MR) is 70.0 cm³/mol. The zero-order valence-corrected chi connectivity index (χ0v) is 11.6. The first-order valence-corrected chi connectivity index (χ1v) is 7.60. The lowest BCUT2D eigenvalue weighted by molar-refractivity contribution is 0.376. The number of nitrogens with one attached hydrogen (secondary N) is 1. The van der Waals surface area contributed by atoms with Gasteiger partial charge in [-0.25, -0.2) is 13.4 Å². The van der Waals surface area contributed by atoms with Crippen LogP contribution in [0.15, 0.2) is 11.1 Å². The number of aromatic amines is 1. The Kier molecular flexibility index (Phi) is 3.76. The first-order chi connectivity index (χ1) is 8.93. The molecule has 2 rings (SSSR count). The van der Waals surface area contributed by atoms with Crippen LogP contribution in [0.2, 0.25) is 0 Å². The Hall–Kier alpha value is -1.61. The summed E-state index contributed by atoms with van der Waals surface area (Å²) in [7, 11) is -1.76. The van der Waals surface area contributed by atoms with Crippen molar-refractivity contribution in [3.05, 3.63) is 16.7 Å². The molecule has 1 aliphatic heterocycles. The summed E-state index contributed by atoms with van der Waals surface area (Å²) >= 11 is 0. The molecule has 2 heterocycles. The summed E-state index contributed by atoms with van der Waals surface area (Å²) in [6.07, 6.45) is 2.50. The molecule has 8 nitrogen and oxygen atoms in total. The molecule has 0 amide bonds. The van der Waals surface area contributed by atoms with Gasteiger partial charge >= 0.3 is 0 Å². The number of rotatable bonds is 3. The third kappa shape index (κ3) is 2.87. The Bertz CT molecular complexity index is 604. The molecule has 1 fully saturated rings. The van der Waals surface area contributed by atoms with Gasteiger partial charge in [0.25, 0.3) is 5.56 Å². The maximum Gasteiger partial charge on any atom is 0.295 e. The molecular weight excluding hydrogens is 272 g/mol. The molecule has 0 saturated carbocycles. The van der Waals surface area contributed by atoms with Gasteiger partial charge in [0, 0.05) is 26.2 Å². The second-order valence-electron chi connectivity index (χ2n) is 4.24. The van der Waals surface area contributed by atoms with Crippen molar-refractivity contribution in [3.63, 3.8) is 0 Å². The summed E-state index contributed by atoms with van der Waals surface area (Å²) in [5, 5.41) is 0. The van der Waals surface area contributed by atoms with E-state index in [9.17, 15) is 13.2 Å². The van der Waals surface area contributed by atoms with Crippen molar-refractivity contribution in [1.29, 1.82) is 0 Å². The zero-order chi connectivity index (χ0) is 14.0. The lowest BCUT2D eigenvalue weighted by Gasteiger charge is -2.34. The van der Waals surface area contributed by atoms with Crippen molar-refractivity contribution >= 4 is 15.8 Å². The number of methoxy groups -OCH3 is 1. The zero-order valence-electron chi connectivity index (χ0n) is 10.8. The van der Waals surface area contributed by atoms with Crippen molar-refractivity contribution in [1.82, 2.24) is 14.3 Å². The van der Waals surface area contributed by atoms with Crippen LogP contribution in [0.5, 0.6) is 5.75 Å². The fraction of sp³-hybridized carbons (Fsp3) is 0.600. The number of nitrogens with zero attached hydrogens (tertiary/aromatic N) is 3. The molecule has 0 aliphatic carbocycles. The van der Waals surface area contributed by atoms with Crippen LogP contribution in [0.3, 0.4) is 0 Å². The van der Waals surface area contributed by atoms with Crippen LogP contribution in [-0.2, 0) is 10.0 Å². The first-order valence-electron chi connectivity index (χ1n) is 5.75. The first kappa shape index (κ1) is 13.8. The van der Waals surface area contributed by atoms with Crippen LogP contribution < -0.4 is 15.2 Å². The van der Waals surface area contributed by atoms with Crippen molar-refractivity contribution in [2.45, 2.75) is 0 Å². The summed E-state index contributed by atoms with van der Waals surface area (Å²) in [5.41, 5.74) is -0.349. The topological polar surface area (TPSA) is 95.6 Å². The lowest BCUT2D eigenvalue weighted by Crippen LogP contribution is -2.48. The maximum absolute atomic E-state index is 11.6. The summed E-state index contributed by atoms with van der Waals surface area (Å²) in [5.74, 6) is 0.592. The van der Waals surface area contributed by atoms with E-state index < -0.39 is 10.0 Å². The molecule has 1 N–H and O–H groups in total. The summed E-state index contributed by atoms with van der Waals surface area (Å²) < 4.78 is 29.3. The van der Waals surface area contributed by atoms with Crippen LogP contribution in [0.4, 0.5) is 5.82 Å². The minimum absolute atomic E-state index is 0.148. The molecule has 1 aromatic rings. The quantitative estimate of drug-likeness (QED) is 0.755. The van der Waals surface area contributed by atoms with Crippen molar-refractivity contribution in [2.75, 3.05) is 44.4 Å². The summed E-state index contributed by atoms with van der Waals surface area (Å²) in [6, 6.07) is 0. The van der Waals surface area contributed by atoms with E-state index in [-0.39, 0.29) is 11.3 Å². The molecule has 9 heteroatoms. The van der Waals surface area contributed by atoms with E-state index in [1.54, 1.807) is 0 Å². The number of sulfonamides is 1. The van der Waals surface area contributed by atoms with Crippen LogP contribution in [0.1, 0.15) is 0 Å². The largest absolute Gasteiger partial charge is 0.489 e. The standard InChI is InChI=1S/C10H16N4O4S/c1-18-8-9(11-7-12-10(8)15)13-3-5-14(6-4-13)19(2,16)17/h7H,3-6H2,1-2H3,(H,11,12,15). The Morgan fingerprint density at radius 2 is 1.95 bits per heavy atom. The highest BCUT2D eigenvalue weighted by molar-refractivity contribution is 7.88. The number of H-pyrrole nitrogens is 1. The van der Waals surface area contributed by atoms with Gasteiger partial charge in [0.05, 0.1) is 19.7 Å². The highest BCUT2D eigenvalue weighted by Crippen LogP contribution is 2.22. The van der Waals surface area contributed by atoms with Crippen LogP contribution in [0, 0.1) is 0 Å². The SMILES string of the molecule is COc1c(N2CCN(S(C)(=O)=O)CC2)nc[nH]c1=O. The fourth-order valence-electron chi connectivity index (χ4n) is 2.02. The van der Waals surface area contributed by atoms with E-state index in [1.165, 1.54) is 24.0 Å². The molecule has 0 bridgehead atoms. The fourth-order valence-corrected chi connectivity index (χ4v) is 2.85. The molecule has 1 aliphatic rings. The molecule has 0 radical (unpaired) electrons. The Morgan fingerprint density at radius 3 is 2.47 bits per heavy atom. The normalized spacial score (nSPS) is 17.5. The molecule has 0 atom stereocenters. The lowest BCUT2D eigenvalue weighted by atomic mass is 10.3. The summed E-state index contributed by atoms with van der Waals surface area (Å²) in [6.45, 7) is 1.69. The molecule has 1 aromatic heterocycles. The molecule has 0 unspecified atom stereocenters. The van der Waals surface area contributed by atoms with Crippen LogP contribution >= 0.6 is 0 Å². The van der Waals surface area contributed by atoms with Crippen molar-refractivity contribution < 1.29 is 13.2 Å². The smallest absolute Gasteiger partial charge is 0.295 e. The molecule has 0 spiro atoms. The second-order valence-corrected chi connectivity index (χ2v) is 6.22. The minimum Gasteiger partial charge on any atom is -0.489 e. The van der Waals surface area contributed by atoms with Gasteiger partial charge in [0.1, 0.15) is 0 Å². The van der Waals surface area contributed by atoms with Gasteiger partial charge in [-0.05, 0) is 0 Å². The molecule has 0 aromatic carbocycles. The monoisotopic (exact) mass is 288 g/mol. The number of aromatic nitrogens is 2. The van der Waals surface area contributed by atoms with Gasteiger partial charge in [0.15, 0.2) is 5.82 Å². The van der Waals surface area contributed by atoms with Crippen molar-refractivity contribution in [3.8, 4) is 5.75 Å². The number of hydrogen-bond donors (Lipinski definition) is 1. The third-order valence-corrected chi connectivity index (χ3v) is 4.31. The number of anilines is 1. The Labute approximate surface area is 111 Å². The van der Waals surface area contributed by atoms with Gasteiger partial charge in [0.2, 0.25) is 15.8 Å². The van der Waals surface area contributed by atoms with Gasteiger partial charge in [-0.1, -0.05) is 0 Å². The van der Waals surface area contributed by atoms with Gasteiger partial charge < -0.3 is 14.6 Å². The number of ether oxygens (including phenoxy) is 1. The summed E-state index contributed by atoms with van der Waals surface area (Å²) in [4.78, 5) is 20.0. The minimum atomic E-state index is -3.17. The van der Waals surface area contributed by atoms with Crippen molar-refractivity contribution in [2.24, 2.45) is 0 Å². The number of piperazine rings is 1. The van der Waals surface area contributed by atoms with E-state index in [4.69, 9.17) is 4.74 Å². The number of hydrogen-bond acceptors (Lipinski definition) is 6. The average Bonchev–Trinajstić information content (AvgIpc) is 2.37. The third-order valence-electron chi connectivity index (χ3n) is 3.00. The Balaban J connectivity index is 2.19. The van der Waals surface area contributed by atoms with Crippen LogP contribution in [-0.4, -0.2) is 62.2 Å². The molecule has 106 valence electrons. The van der Waals surface area contributed by atoms with E-state index in [2.05, 4.69) is 9.97 Å². The van der Waals surface area contributed by atoms with E-state index >= 15 is 0 Å². The molecule has 1 saturated heterocycles. The van der Waals surface area contributed by atoms with E-state index in [1.807, 2.05) is 4.90 Å². The molecule has 19 heavy (non-hydrogen) atoms. The van der Waals surface area contributed by atoms with Crippen LogP contribution in [0.25, 0.3) is 0 Å². The van der Waals surface area contributed by atoms with E-state index in [0.29, 0.717) is 32.0 Å². The van der Waals surface area contributed by atoms with E-state index in [0.717, 1.165) is 0 Å². The maximum atomic E-state index is 11.6. The predicted octanol–water partition coefficient (Wildman–Crippen LogP) is -1.14. The highest BCUT2D eigenvalue weighted by atomic mass is 32.2.